The molecule has 1 atom stereocenters. The lowest BCUT2D eigenvalue weighted by Gasteiger charge is -2.26. The van der Waals surface area contributed by atoms with Crippen LogP contribution in [0.25, 0.3) is 0 Å². The molecule has 2 aromatic carbocycles. The Morgan fingerprint density at radius 2 is 1.94 bits per heavy atom. The largest absolute Gasteiger partial charge is 0.497 e. The standard InChI is InChI=1S/C26H24N4O2/c1-16-22(24(13-27)29-15-28-16)12-25-23-11-19(18-5-6-18)7-10-21(23)26(31)30(25)14-17-3-8-20(32-2)9-4-17/h3-4,7-11,15,18,25H,5-6,12,14H2,1-2H3. The number of aryl methyl sites for hydroxylation is 1. The molecule has 1 unspecified atom stereocenters. The number of hydrogen-bond acceptors (Lipinski definition) is 5. The van der Waals surface area contributed by atoms with Crippen molar-refractivity contribution in [2.24, 2.45) is 0 Å². The Morgan fingerprint density at radius 1 is 1.16 bits per heavy atom. The Labute approximate surface area is 187 Å². The van der Waals surface area contributed by atoms with E-state index in [0.29, 0.717) is 24.6 Å². The van der Waals surface area contributed by atoms with Crippen molar-refractivity contribution in [2.45, 2.75) is 44.7 Å². The van der Waals surface area contributed by atoms with Gasteiger partial charge in [-0.1, -0.05) is 24.3 Å². The van der Waals surface area contributed by atoms with E-state index in [1.807, 2.05) is 42.2 Å². The summed E-state index contributed by atoms with van der Waals surface area (Å²) in [6, 6.07) is 16.1. The fourth-order valence-electron chi connectivity index (χ4n) is 4.55. The van der Waals surface area contributed by atoms with E-state index in [1.54, 1.807) is 7.11 Å². The highest BCUT2D eigenvalue weighted by atomic mass is 16.5. The summed E-state index contributed by atoms with van der Waals surface area (Å²) in [5, 5.41) is 9.61. The number of fused-ring (bicyclic) bond motifs is 1. The van der Waals surface area contributed by atoms with Crippen LogP contribution >= 0.6 is 0 Å². The van der Waals surface area contributed by atoms with E-state index in [1.165, 1.54) is 24.7 Å². The van der Waals surface area contributed by atoms with E-state index in [2.05, 4.69) is 28.2 Å². The number of methoxy groups -OCH3 is 1. The number of rotatable bonds is 6. The van der Waals surface area contributed by atoms with Gasteiger partial charge in [-0.15, -0.1) is 0 Å². The number of ether oxygens (including phenoxy) is 1. The molecular weight excluding hydrogens is 400 g/mol. The number of carbonyl (C=O) groups is 1. The molecule has 160 valence electrons. The van der Waals surface area contributed by atoms with Gasteiger partial charge >= 0.3 is 0 Å². The van der Waals surface area contributed by atoms with E-state index in [-0.39, 0.29) is 11.9 Å². The Kier molecular flexibility index (Phi) is 5.10. The zero-order valence-corrected chi connectivity index (χ0v) is 18.2. The van der Waals surface area contributed by atoms with Gasteiger partial charge in [-0.25, -0.2) is 9.97 Å². The molecule has 2 heterocycles. The molecule has 1 aromatic heterocycles. The van der Waals surface area contributed by atoms with Crippen molar-refractivity contribution < 1.29 is 9.53 Å². The smallest absolute Gasteiger partial charge is 0.255 e. The normalized spacial score (nSPS) is 17.2. The van der Waals surface area contributed by atoms with Crippen molar-refractivity contribution in [1.82, 2.24) is 14.9 Å². The number of amides is 1. The van der Waals surface area contributed by atoms with Crippen LogP contribution in [-0.2, 0) is 13.0 Å². The highest BCUT2D eigenvalue weighted by Crippen LogP contribution is 2.44. The average Bonchev–Trinajstić information content (AvgIpc) is 3.64. The fourth-order valence-corrected chi connectivity index (χ4v) is 4.55. The van der Waals surface area contributed by atoms with Crippen LogP contribution in [0.4, 0.5) is 0 Å². The summed E-state index contributed by atoms with van der Waals surface area (Å²) in [5.41, 5.74) is 6.08. The summed E-state index contributed by atoms with van der Waals surface area (Å²) in [7, 11) is 1.64. The van der Waals surface area contributed by atoms with Crippen LogP contribution in [0.3, 0.4) is 0 Å². The molecule has 6 nitrogen and oxygen atoms in total. The number of aromatic nitrogens is 2. The fraction of sp³-hybridized carbons (Fsp3) is 0.308. The number of nitriles is 1. The molecule has 1 aliphatic carbocycles. The third-order valence-electron chi connectivity index (χ3n) is 6.53. The number of hydrogen-bond donors (Lipinski definition) is 0. The number of nitrogens with zero attached hydrogens (tertiary/aromatic N) is 4. The number of carbonyl (C=O) groups excluding carboxylic acids is 1. The van der Waals surface area contributed by atoms with Gasteiger partial charge in [0.1, 0.15) is 23.8 Å². The van der Waals surface area contributed by atoms with Gasteiger partial charge in [0.15, 0.2) is 0 Å². The van der Waals surface area contributed by atoms with Crippen molar-refractivity contribution in [3.63, 3.8) is 0 Å². The third kappa shape index (κ3) is 3.60. The lowest BCUT2D eigenvalue weighted by molar-refractivity contribution is 0.0709. The van der Waals surface area contributed by atoms with E-state index < -0.39 is 0 Å². The summed E-state index contributed by atoms with van der Waals surface area (Å²) >= 11 is 0. The minimum Gasteiger partial charge on any atom is -0.497 e. The zero-order valence-electron chi connectivity index (χ0n) is 18.2. The average molecular weight is 425 g/mol. The quantitative estimate of drug-likeness (QED) is 0.583. The SMILES string of the molecule is COc1ccc(CN2C(=O)c3ccc(C4CC4)cc3C2Cc2c(C)ncnc2C#N)cc1. The van der Waals surface area contributed by atoms with Gasteiger partial charge in [-0.2, -0.15) is 5.26 Å². The predicted octanol–water partition coefficient (Wildman–Crippen LogP) is 4.48. The van der Waals surface area contributed by atoms with Gasteiger partial charge in [0, 0.05) is 29.8 Å². The van der Waals surface area contributed by atoms with Crippen LogP contribution in [0, 0.1) is 18.3 Å². The highest BCUT2D eigenvalue weighted by molar-refractivity contribution is 5.99. The van der Waals surface area contributed by atoms with Gasteiger partial charge in [0.05, 0.1) is 13.2 Å². The van der Waals surface area contributed by atoms with Gasteiger partial charge in [-0.05, 0) is 60.6 Å². The van der Waals surface area contributed by atoms with Gasteiger partial charge < -0.3 is 9.64 Å². The molecule has 0 radical (unpaired) electrons. The van der Waals surface area contributed by atoms with Crippen LogP contribution < -0.4 is 4.74 Å². The topological polar surface area (TPSA) is 79.1 Å². The summed E-state index contributed by atoms with van der Waals surface area (Å²) in [5.74, 6) is 1.41. The van der Waals surface area contributed by atoms with Crippen molar-refractivity contribution >= 4 is 5.91 Å². The maximum absolute atomic E-state index is 13.5. The van der Waals surface area contributed by atoms with Crippen molar-refractivity contribution in [2.75, 3.05) is 7.11 Å². The molecule has 5 rings (SSSR count). The molecule has 0 saturated heterocycles. The molecule has 1 fully saturated rings. The first kappa shape index (κ1) is 20.2. The van der Waals surface area contributed by atoms with Gasteiger partial charge in [0.2, 0.25) is 0 Å². The van der Waals surface area contributed by atoms with Crippen molar-refractivity contribution in [3.8, 4) is 11.8 Å². The summed E-state index contributed by atoms with van der Waals surface area (Å²) < 4.78 is 5.27. The summed E-state index contributed by atoms with van der Waals surface area (Å²) in [6.45, 7) is 2.37. The molecule has 3 aromatic rings. The minimum absolute atomic E-state index is 0.0242. The van der Waals surface area contributed by atoms with Crippen LogP contribution in [0.5, 0.6) is 5.75 Å². The third-order valence-corrected chi connectivity index (χ3v) is 6.53. The van der Waals surface area contributed by atoms with E-state index >= 15 is 0 Å². The molecule has 0 N–H and O–H groups in total. The lowest BCUT2D eigenvalue weighted by Crippen LogP contribution is -2.29. The number of benzene rings is 2. The predicted molar refractivity (Wildman–Crippen MR) is 119 cm³/mol. The second kappa shape index (κ2) is 8.08. The molecule has 2 aliphatic rings. The lowest BCUT2D eigenvalue weighted by atomic mass is 9.94. The Morgan fingerprint density at radius 3 is 2.62 bits per heavy atom. The van der Waals surface area contributed by atoms with Gasteiger partial charge in [0.25, 0.3) is 5.91 Å². The maximum atomic E-state index is 13.5. The Hall–Kier alpha value is -3.72. The van der Waals surface area contributed by atoms with E-state index in [0.717, 1.165) is 33.7 Å². The first-order valence-corrected chi connectivity index (χ1v) is 10.9. The second-order valence-corrected chi connectivity index (χ2v) is 8.52. The molecule has 1 saturated carbocycles. The molecule has 6 heteroatoms. The maximum Gasteiger partial charge on any atom is 0.255 e. The summed E-state index contributed by atoms with van der Waals surface area (Å²) in [6.07, 6.45) is 4.35. The molecular formula is C26H24N4O2. The Bertz CT molecular complexity index is 1230. The molecule has 0 bridgehead atoms. The Balaban J connectivity index is 1.55. The van der Waals surface area contributed by atoms with Gasteiger partial charge in [-0.3, -0.25) is 4.79 Å². The highest BCUT2D eigenvalue weighted by Gasteiger charge is 2.38. The first-order valence-electron chi connectivity index (χ1n) is 10.9. The van der Waals surface area contributed by atoms with E-state index in [4.69, 9.17) is 4.74 Å². The van der Waals surface area contributed by atoms with E-state index in [9.17, 15) is 10.1 Å². The zero-order chi connectivity index (χ0) is 22.2. The molecule has 1 amide bonds. The van der Waals surface area contributed by atoms with Crippen LogP contribution in [0.15, 0.2) is 48.8 Å². The van der Waals surface area contributed by atoms with Crippen LogP contribution in [0.2, 0.25) is 0 Å². The van der Waals surface area contributed by atoms with Crippen LogP contribution in [-0.4, -0.2) is 27.9 Å². The van der Waals surface area contributed by atoms with Crippen molar-refractivity contribution in [1.29, 1.82) is 5.26 Å². The van der Waals surface area contributed by atoms with Crippen molar-refractivity contribution in [3.05, 3.63) is 88.0 Å². The minimum atomic E-state index is -0.171. The molecule has 1 aliphatic heterocycles. The monoisotopic (exact) mass is 424 g/mol. The molecule has 32 heavy (non-hydrogen) atoms. The molecule has 0 spiro atoms. The summed E-state index contributed by atoms with van der Waals surface area (Å²) in [4.78, 5) is 23.9. The second-order valence-electron chi connectivity index (χ2n) is 8.52. The van der Waals surface area contributed by atoms with Crippen LogP contribution in [0.1, 0.15) is 68.8 Å². The first-order chi connectivity index (χ1) is 15.6.